The summed E-state index contributed by atoms with van der Waals surface area (Å²) in [4.78, 5) is 24.9. The van der Waals surface area contributed by atoms with Crippen molar-refractivity contribution in [3.63, 3.8) is 0 Å². The molecule has 1 aromatic rings. The summed E-state index contributed by atoms with van der Waals surface area (Å²) in [6.07, 6.45) is 5.30. The number of benzene rings is 1. The third-order valence-corrected chi connectivity index (χ3v) is 4.64. The van der Waals surface area contributed by atoms with Crippen LogP contribution in [0.5, 0.6) is 5.75 Å². The molecule has 0 radical (unpaired) electrons. The van der Waals surface area contributed by atoms with Crippen molar-refractivity contribution in [2.75, 3.05) is 13.2 Å². The van der Waals surface area contributed by atoms with Crippen LogP contribution in [0.4, 0.5) is 0 Å². The molecule has 4 nitrogen and oxygen atoms in total. The van der Waals surface area contributed by atoms with Crippen LogP contribution in [-0.2, 0) is 0 Å². The van der Waals surface area contributed by atoms with Gasteiger partial charge in [0, 0.05) is 11.0 Å². The first kappa shape index (κ1) is 14.1. The molecule has 2 aliphatic rings. The minimum atomic E-state index is -0.283. The fraction of sp³-hybridized carbons (Fsp3) is 0.529. The van der Waals surface area contributed by atoms with Gasteiger partial charge in [0.1, 0.15) is 12.4 Å². The SMILES string of the molecule is CC1(C(=O)c2ccc3c(c2)C(=O)NCCO3)CCCCC1. The Labute approximate surface area is 124 Å². The van der Waals surface area contributed by atoms with Crippen LogP contribution in [0.2, 0.25) is 0 Å². The first-order chi connectivity index (χ1) is 10.1. The smallest absolute Gasteiger partial charge is 0.255 e. The molecule has 1 saturated carbocycles. The predicted molar refractivity (Wildman–Crippen MR) is 79.8 cm³/mol. The van der Waals surface area contributed by atoms with E-state index in [-0.39, 0.29) is 17.1 Å². The number of carbonyl (C=O) groups is 2. The van der Waals surface area contributed by atoms with Crippen molar-refractivity contribution in [1.82, 2.24) is 5.32 Å². The van der Waals surface area contributed by atoms with Gasteiger partial charge >= 0.3 is 0 Å². The second-order valence-electron chi connectivity index (χ2n) is 6.27. The highest BCUT2D eigenvalue weighted by molar-refractivity contribution is 6.04. The second kappa shape index (κ2) is 5.51. The van der Waals surface area contributed by atoms with Crippen molar-refractivity contribution in [2.45, 2.75) is 39.0 Å². The molecule has 0 spiro atoms. The molecule has 4 heteroatoms. The summed E-state index contributed by atoms with van der Waals surface area (Å²) in [5.74, 6) is 0.559. The normalized spacial score (nSPS) is 20.7. The van der Waals surface area contributed by atoms with Gasteiger partial charge in [0.2, 0.25) is 0 Å². The van der Waals surface area contributed by atoms with Gasteiger partial charge in [-0.1, -0.05) is 26.2 Å². The van der Waals surface area contributed by atoms with Crippen molar-refractivity contribution in [1.29, 1.82) is 0 Å². The first-order valence-electron chi connectivity index (χ1n) is 7.70. The van der Waals surface area contributed by atoms with Crippen LogP contribution in [0.1, 0.15) is 59.7 Å². The van der Waals surface area contributed by atoms with Gasteiger partial charge in [-0.05, 0) is 31.0 Å². The maximum atomic E-state index is 12.8. The monoisotopic (exact) mass is 287 g/mol. The minimum Gasteiger partial charge on any atom is -0.491 e. The van der Waals surface area contributed by atoms with E-state index < -0.39 is 0 Å². The second-order valence-corrected chi connectivity index (χ2v) is 6.27. The average molecular weight is 287 g/mol. The molecule has 21 heavy (non-hydrogen) atoms. The molecular weight excluding hydrogens is 266 g/mol. The number of Topliss-reactive ketones (excluding diaryl/α,β-unsaturated/α-hetero) is 1. The number of rotatable bonds is 2. The highest BCUT2D eigenvalue weighted by atomic mass is 16.5. The Balaban J connectivity index is 1.92. The highest BCUT2D eigenvalue weighted by Crippen LogP contribution is 2.39. The third kappa shape index (κ3) is 2.67. The molecule has 1 aromatic carbocycles. The summed E-state index contributed by atoms with van der Waals surface area (Å²) in [6.45, 7) is 3.01. The number of hydrogen-bond donors (Lipinski definition) is 1. The van der Waals surface area contributed by atoms with E-state index in [9.17, 15) is 9.59 Å². The van der Waals surface area contributed by atoms with Gasteiger partial charge in [0.25, 0.3) is 5.91 Å². The molecule has 3 rings (SSSR count). The van der Waals surface area contributed by atoms with Crippen molar-refractivity contribution in [3.8, 4) is 5.75 Å². The highest BCUT2D eigenvalue weighted by Gasteiger charge is 2.35. The largest absolute Gasteiger partial charge is 0.491 e. The quantitative estimate of drug-likeness (QED) is 0.851. The molecule has 0 atom stereocenters. The predicted octanol–water partition coefficient (Wildman–Crippen LogP) is 2.96. The van der Waals surface area contributed by atoms with Crippen molar-refractivity contribution < 1.29 is 14.3 Å². The molecule has 112 valence electrons. The Morgan fingerprint density at radius 3 is 2.76 bits per heavy atom. The van der Waals surface area contributed by atoms with Gasteiger partial charge in [-0.2, -0.15) is 0 Å². The first-order valence-corrected chi connectivity index (χ1v) is 7.70. The number of fused-ring (bicyclic) bond motifs is 1. The molecule has 0 saturated heterocycles. The van der Waals surface area contributed by atoms with Gasteiger partial charge in [-0.25, -0.2) is 0 Å². The number of amides is 1. The van der Waals surface area contributed by atoms with E-state index in [1.165, 1.54) is 6.42 Å². The third-order valence-electron chi connectivity index (χ3n) is 4.64. The maximum absolute atomic E-state index is 12.8. The Kier molecular flexibility index (Phi) is 3.70. The topological polar surface area (TPSA) is 55.4 Å². The van der Waals surface area contributed by atoms with Crippen LogP contribution in [0.25, 0.3) is 0 Å². The van der Waals surface area contributed by atoms with Crippen LogP contribution in [0.15, 0.2) is 18.2 Å². The summed E-state index contributed by atoms with van der Waals surface area (Å²) < 4.78 is 5.53. The molecule has 0 aromatic heterocycles. The summed E-state index contributed by atoms with van der Waals surface area (Å²) >= 11 is 0. The van der Waals surface area contributed by atoms with E-state index in [4.69, 9.17) is 4.74 Å². The Morgan fingerprint density at radius 2 is 2.00 bits per heavy atom. The van der Waals surface area contributed by atoms with Crippen LogP contribution < -0.4 is 10.1 Å². The number of hydrogen-bond acceptors (Lipinski definition) is 3. The number of ketones is 1. The Hall–Kier alpha value is -1.84. The van der Waals surface area contributed by atoms with Gasteiger partial charge in [-0.3, -0.25) is 9.59 Å². The van der Waals surface area contributed by atoms with Gasteiger partial charge in [0.15, 0.2) is 5.78 Å². The van der Waals surface area contributed by atoms with Crippen molar-refractivity contribution in [3.05, 3.63) is 29.3 Å². The van der Waals surface area contributed by atoms with Crippen LogP contribution in [0.3, 0.4) is 0 Å². The number of nitrogens with one attached hydrogen (secondary N) is 1. The van der Waals surface area contributed by atoms with E-state index in [1.54, 1.807) is 18.2 Å². The number of carbonyl (C=O) groups excluding carboxylic acids is 2. The zero-order chi connectivity index (χ0) is 14.9. The van der Waals surface area contributed by atoms with Crippen LogP contribution in [-0.4, -0.2) is 24.8 Å². The van der Waals surface area contributed by atoms with Gasteiger partial charge < -0.3 is 10.1 Å². The lowest BCUT2D eigenvalue weighted by atomic mass is 9.71. The van der Waals surface area contributed by atoms with Crippen LogP contribution >= 0.6 is 0 Å². The lowest BCUT2D eigenvalue weighted by Crippen LogP contribution is -2.30. The molecule has 1 aliphatic heterocycles. The zero-order valence-corrected chi connectivity index (χ0v) is 12.4. The maximum Gasteiger partial charge on any atom is 0.255 e. The Morgan fingerprint density at radius 1 is 1.24 bits per heavy atom. The fourth-order valence-electron chi connectivity index (χ4n) is 3.30. The van der Waals surface area contributed by atoms with E-state index in [2.05, 4.69) is 12.2 Å². The molecule has 1 fully saturated rings. The minimum absolute atomic E-state index is 0.155. The van der Waals surface area contributed by atoms with E-state index in [1.807, 2.05) is 0 Å². The van der Waals surface area contributed by atoms with Gasteiger partial charge in [-0.15, -0.1) is 0 Å². The summed E-state index contributed by atoms with van der Waals surface area (Å²) in [5, 5.41) is 2.78. The average Bonchev–Trinajstić information content (AvgIpc) is 2.69. The molecule has 0 unspecified atom stereocenters. The molecule has 1 N–H and O–H groups in total. The van der Waals surface area contributed by atoms with E-state index in [0.29, 0.717) is 30.0 Å². The van der Waals surface area contributed by atoms with Gasteiger partial charge in [0.05, 0.1) is 12.1 Å². The molecule has 1 aliphatic carbocycles. The van der Waals surface area contributed by atoms with E-state index in [0.717, 1.165) is 25.7 Å². The van der Waals surface area contributed by atoms with E-state index >= 15 is 0 Å². The van der Waals surface area contributed by atoms with Crippen LogP contribution in [0, 0.1) is 5.41 Å². The molecule has 0 bridgehead atoms. The zero-order valence-electron chi connectivity index (χ0n) is 12.4. The summed E-state index contributed by atoms with van der Waals surface area (Å²) in [7, 11) is 0. The summed E-state index contributed by atoms with van der Waals surface area (Å²) in [6, 6.07) is 5.23. The van der Waals surface area contributed by atoms with Crippen molar-refractivity contribution in [2.24, 2.45) is 5.41 Å². The molecule has 1 heterocycles. The molecule has 1 amide bonds. The number of ether oxygens (including phenoxy) is 1. The lowest BCUT2D eigenvalue weighted by molar-refractivity contribution is 0.0749. The Bertz CT molecular complexity index is 573. The summed E-state index contributed by atoms with van der Waals surface area (Å²) in [5.41, 5.74) is 0.811. The van der Waals surface area contributed by atoms with Crippen molar-refractivity contribution >= 4 is 11.7 Å². The fourth-order valence-corrected chi connectivity index (χ4v) is 3.30. The lowest BCUT2D eigenvalue weighted by Gasteiger charge is -2.32. The molecular formula is C17H21NO3. The standard InChI is InChI=1S/C17H21NO3/c1-17(7-3-2-4-8-17)15(19)12-5-6-14-13(11-12)16(20)18-9-10-21-14/h5-6,11H,2-4,7-10H2,1H3,(H,18,20).